The molecule has 1 fully saturated rings. The molecule has 1 saturated heterocycles. The van der Waals surface area contributed by atoms with E-state index in [4.69, 9.17) is 4.74 Å². The Balaban J connectivity index is 1.87. The van der Waals surface area contributed by atoms with E-state index in [9.17, 15) is 4.79 Å². The third-order valence-corrected chi connectivity index (χ3v) is 3.87. The van der Waals surface area contributed by atoms with Crippen LogP contribution >= 0.6 is 0 Å². The lowest BCUT2D eigenvalue weighted by Crippen LogP contribution is -2.43. The van der Waals surface area contributed by atoms with Crippen molar-refractivity contribution in [1.29, 1.82) is 0 Å². The lowest BCUT2D eigenvalue weighted by atomic mass is 10.0. The van der Waals surface area contributed by atoms with Crippen LogP contribution in [0.3, 0.4) is 0 Å². The van der Waals surface area contributed by atoms with Crippen LogP contribution in [-0.4, -0.2) is 46.4 Å². The van der Waals surface area contributed by atoms with Gasteiger partial charge in [0.1, 0.15) is 6.61 Å². The summed E-state index contributed by atoms with van der Waals surface area (Å²) in [4.78, 5) is 14.0. The van der Waals surface area contributed by atoms with Crippen LogP contribution in [0.2, 0.25) is 0 Å². The van der Waals surface area contributed by atoms with Gasteiger partial charge >= 0.3 is 6.09 Å². The van der Waals surface area contributed by atoms with Crippen LogP contribution in [0.25, 0.3) is 0 Å². The van der Waals surface area contributed by atoms with Gasteiger partial charge < -0.3 is 10.1 Å². The summed E-state index contributed by atoms with van der Waals surface area (Å²) in [6.07, 6.45) is 5.03. The Morgan fingerprint density at radius 3 is 3.05 bits per heavy atom. The summed E-state index contributed by atoms with van der Waals surface area (Å²) in [5, 5.41) is 9.80. The van der Waals surface area contributed by atoms with Gasteiger partial charge in [0.05, 0.1) is 6.20 Å². The normalized spacial score (nSPS) is 19.7. The Kier molecular flexibility index (Phi) is 5.61. The number of likely N-dealkylation sites (tertiary alicyclic amines) is 1. The van der Waals surface area contributed by atoms with E-state index in [1.165, 1.54) is 18.4 Å². The molecule has 1 atom stereocenters. The second-order valence-electron chi connectivity index (χ2n) is 6.04. The summed E-state index contributed by atoms with van der Waals surface area (Å²) in [5.74, 6) is 0. The fourth-order valence-corrected chi connectivity index (χ4v) is 2.66. The van der Waals surface area contributed by atoms with E-state index < -0.39 is 0 Å². The summed E-state index contributed by atoms with van der Waals surface area (Å²) in [6, 6.07) is 0.402. The number of amides is 1. The number of aryl methyl sites for hydroxylation is 1. The molecule has 1 aliphatic heterocycles. The molecule has 0 saturated carbocycles. The van der Waals surface area contributed by atoms with Crippen molar-refractivity contribution >= 4 is 6.09 Å². The first-order valence-electron chi connectivity index (χ1n) is 7.72. The minimum Gasteiger partial charge on any atom is -0.448 e. The average Bonchev–Trinajstić information content (AvgIpc) is 2.83. The van der Waals surface area contributed by atoms with E-state index in [2.05, 4.69) is 20.4 Å². The smallest absolute Gasteiger partial charge is 0.407 e. The molecule has 1 aliphatic rings. The van der Waals surface area contributed by atoms with Crippen LogP contribution in [0, 0.1) is 6.92 Å². The van der Waals surface area contributed by atoms with E-state index in [-0.39, 0.29) is 12.1 Å². The highest BCUT2D eigenvalue weighted by molar-refractivity contribution is 5.67. The minimum atomic E-state index is -0.324. The summed E-state index contributed by atoms with van der Waals surface area (Å²) < 4.78 is 5.36. The number of carbonyl (C=O) groups excluding carboxylic acids is 1. The van der Waals surface area contributed by atoms with Crippen molar-refractivity contribution in [3.63, 3.8) is 0 Å². The van der Waals surface area contributed by atoms with Gasteiger partial charge in [-0.25, -0.2) is 4.79 Å². The van der Waals surface area contributed by atoms with E-state index in [0.717, 1.165) is 25.2 Å². The van der Waals surface area contributed by atoms with Crippen LogP contribution in [0.5, 0.6) is 0 Å². The summed E-state index contributed by atoms with van der Waals surface area (Å²) in [6.45, 7) is 8.25. The largest absolute Gasteiger partial charge is 0.448 e. The van der Waals surface area contributed by atoms with Gasteiger partial charge in [-0.15, -0.1) is 0 Å². The summed E-state index contributed by atoms with van der Waals surface area (Å²) in [7, 11) is 0. The topological polar surface area (TPSA) is 70.2 Å². The number of hydrogen-bond acceptors (Lipinski definition) is 4. The van der Waals surface area contributed by atoms with E-state index in [1.807, 2.05) is 27.0 Å². The lowest BCUT2D eigenvalue weighted by Gasteiger charge is -2.35. The van der Waals surface area contributed by atoms with Crippen LogP contribution in [-0.2, 0) is 11.3 Å². The molecule has 6 nitrogen and oxygen atoms in total. The standard InChI is InChI=1S/C15H26N4O2/c1-11(2)17-15(20)21-10-14-6-4-5-7-19(14)9-13-8-16-18-12(13)3/h8,11,14H,4-7,9-10H2,1-3H3,(H,16,18)(H,17,20). The maximum Gasteiger partial charge on any atom is 0.407 e. The molecule has 21 heavy (non-hydrogen) atoms. The molecule has 0 radical (unpaired) electrons. The highest BCUT2D eigenvalue weighted by Crippen LogP contribution is 2.20. The highest BCUT2D eigenvalue weighted by Gasteiger charge is 2.24. The van der Waals surface area contributed by atoms with Crippen LogP contribution < -0.4 is 5.32 Å². The van der Waals surface area contributed by atoms with Crippen molar-refractivity contribution in [3.8, 4) is 0 Å². The predicted octanol–water partition coefficient (Wildman–Crippen LogP) is 2.21. The van der Waals surface area contributed by atoms with Gasteiger partial charge in [0.15, 0.2) is 0 Å². The zero-order chi connectivity index (χ0) is 15.2. The monoisotopic (exact) mass is 294 g/mol. The Morgan fingerprint density at radius 2 is 2.38 bits per heavy atom. The molecule has 118 valence electrons. The van der Waals surface area contributed by atoms with Crippen molar-refractivity contribution < 1.29 is 9.53 Å². The number of nitrogens with zero attached hydrogens (tertiary/aromatic N) is 2. The Bertz CT molecular complexity index is 458. The number of carbonyl (C=O) groups is 1. The molecule has 1 aromatic heterocycles. The van der Waals surface area contributed by atoms with E-state index in [0.29, 0.717) is 12.6 Å². The van der Waals surface area contributed by atoms with Crippen molar-refractivity contribution in [2.75, 3.05) is 13.2 Å². The molecule has 1 amide bonds. The molecule has 0 spiro atoms. The van der Waals surface area contributed by atoms with Crippen molar-refractivity contribution in [2.24, 2.45) is 0 Å². The number of alkyl carbamates (subject to hydrolysis) is 1. The number of H-pyrrole nitrogens is 1. The maximum absolute atomic E-state index is 11.6. The number of aromatic nitrogens is 2. The average molecular weight is 294 g/mol. The molecule has 0 aromatic carbocycles. The first-order chi connectivity index (χ1) is 10.1. The van der Waals surface area contributed by atoms with Crippen LogP contribution in [0.1, 0.15) is 44.4 Å². The first-order valence-corrected chi connectivity index (χ1v) is 7.72. The van der Waals surface area contributed by atoms with Crippen LogP contribution in [0.4, 0.5) is 4.79 Å². The molecule has 1 unspecified atom stereocenters. The van der Waals surface area contributed by atoms with Crippen molar-refractivity contribution in [3.05, 3.63) is 17.5 Å². The molecule has 2 heterocycles. The Morgan fingerprint density at radius 1 is 1.57 bits per heavy atom. The van der Waals surface area contributed by atoms with Gasteiger partial charge in [0, 0.05) is 29.9 Å². The summed E-state index contributed by atoms with van der Waals surface area (Å²) in [5.41, 5.74) is 2.33. The first kappa shape index (κ1) is 15.8. The molecule has 1 aromatic rings. The van der Waals surface area contributed by atoms with E-state index in [1.54, 1.807) is 0 Å². The maximum atomic E-state index is 11.6. The van der Waals surface area contributed by atoms with Crippen molar-refractivity contribution in [1.82, 2.24) is 20.4 Å². The van der Waals surface area contributed by atoms with Gasteiger partial charge in [-0.2, -0.15) is 5.10 Å². The minimum absolute atomic E-state index is 0.105. The molecule has 0 bridgehead atoms. The second-order valence-corrected chi connectivity index (χ2v) is 6.04. The fraction of sp³-hybridized carbons (Fsp3) is 0.733. The predicted molar refractivity (Wildman–Crippen MR) is 81.0 cm³/mol. The Labute approximate surface area is 126 Å². The molecular formula is C15H26N4O2. The second kappa shape index (κ2) is 7.45. The number of hydrogen-bond donors (Lipinski definition) is 2. The number of rotatable bonds is 5. The SMILES string of the molecule is Cc1[nH]ncc1CN1CCCCC1COC(=O)NC(C)C. The van der Waals surface area contributed by atoms with Gasteiger partial charge in [0.25, 0.3) is 0 Å². The van der Waals surface area contributed by atoms with Gasteiger partial charge in [-0.1, -0.05) is 6.42 Å². The Hall–Kier alpha value is -1.56. The molecule has 0 aliphatic carbocycles. The zero-order valence-corrected chi connectivity index (χ0v) is 13.2. The fourth-order valence-electron chi connectivity index (χ4n) is 2.66. The third-order valence-electron chi connectivity index (χ3n) is 3.87. The molecule has 2 rings (SSSR count). The molecule has 2 N–H and O–H groups in total. The lowest BCUT2D eigenvalue weighted by molar-refractivity contribution is 0.0631. The van der Waals surface area contributed by atoms with E-state index >= 15 is 0 Å². The highest BCUT2D eigenvalue weighted by atomic mass is 16.5. The zero-order valence-electron chi connectivity index (χ0n) is 13.2. The number of aromatic amines is 1. The van der Waals surface area contributed by atoms with Crippen LogP contribution in [0.15, 0.2) is 6.20 Å². The van der Waals surface area contributed by atoms with Gasteiger partial charge in [0.2, 0.25) is 0 Å². The number of nitrogens with one attached hydrogen (secondary N) is 2. The number of ether oxygens (including phenoxy) is 1. The van der Waals surface area contributed by atoms with Crippen molar-refractivity contribution in [2.45, 2.75) is 58.7 Å². The molecule has 6 heteroatoms. The quantitative estimate of drug-likeness (QED) is 0.873. The molecular weight excluding hydrogens is 268 g/mol. The van der Waals surface area contributed by atoms with Gasteiger partial charge in [-0.3, -0.25) is 10.00 Å². The third kappa shape index (κ3) is 4.74. The number of piperidine rings is 1. The summed E-state index contributed by atoms with van der Waals surface area (Å²) >= 11 is 0. The van der Waals surface area contributed by atoms with Gasteiger partial charge in [-0.05, 0) is 40.2 Å².